The second-order valence-electron chi connectivity index (χ2n) is 12.9. The van der Waals surface area contributed by atoms with Crippen molar-refractivity contribution in [3.63, 3.8) is 0 Å². The molecule has 3 fully saturated rings. The number of aliphatic hydroxyl groups excluding tert-OH is 1. The number of benzene rings is 2. The average Bonchev–Trinajstić information content (AvgIpc) is 3.67. The monoisotopic (exact) mass is 634 g/mol. The smallest absolute Gasteiger partial charge is 0.250 e. The highest BCUT2D eigenvalue weighted by Crippen LogP contribution is 2.65. The summed E-state index contributed by atoms with van der Waals surface area (Å²) in [5.74, 6) is -2.01. The van der Waals surface area contributed by atoms with Gasteiger partial charge in [-0.2, -0.15) is 0 Å². The maximum absolute atomic E-state index is 14.6. The largest absolute Gasteiger partial charge is 0.494 e. The molecule has 3 aliphatic rings. The minimum absolute atomic E-state index is 0.0821. The van der Waals surface area contributed by atoms with Crippen LogP contribution in [0.1, 0.15) is 67.2 Å². The number of fused-ring (bicyclic) bond motifs is 1. The van der Waals surface area contributed by atoms with Gasteiger partial charge < -0.3 is 35.0 Å². The number of ether oxygens (including phenoxy) is 2. The summed E-state index contributed by atoms with van der Waals surface area (Å²) in [4.78, 5) is 47.0. The summed E-state index contributed by atoms with van der Waals surface area (Å²) in [5, 5.41) is 16.7. The molecule has 2 aromatic rings. The Kier molecular flexibility index (Phi) is 9.98. The zero-order chi connectivity index (χ0) is 33.2. The average molecular weight is 635 g/mol. The molecule has 2 aromatic carbocycles. The number of hydrogen-bond acceptors (Lipinski definition) is 7. The molecule has 2 bridgehead atoms. The zero-order valence-corrected chi connectivity index (χ0v) is 28.0. The van der Waals surface area contributed by atoms with Crippen molar-refractivity contribution in [1.82, 2.24) is 4.90 Å². The van der Waals surface area contributed by atoms with Gasteiger partial charge in [0.2, 0.25) is 17.7 Å². The van der Waals surface area contributed by atoms with Crippen LogP contribution in [0.5, 0.6) is 5.75 Å². The fourth-order valence-electron chi connectivity index (χ4n) is 8.10. The maximum atomic E-state index is 14.6. The molecule has 3 saturated heterocycles. The quantitative estimate of drug-likeness (QED) is 0.265. The van der Waals surface area contributed by atoms with E-state index in [-0.39, 0.29) is 30.2 Å². The Morgan fingerprint density at radius 3 is 2.13 bits per heavy atom. The Bertz CT molecular complexity index is 1400. The number of nitrogens with one attached hydrogen (secondary N) is 2. The van der Waals surface area contributed by atoms with E-state index in [9.17, 15) is 19.5 Å². The third kappa shape index (κ3) is 5.64. The topological polar surface area (TPSA) is 120 Å². The summed E-state index contributed by atoms with van der Waals surface area (Å²) in [6, 6.07) is 13.2. The standard InChI is InChI=1S/C36H50N4O6/c1-7-23(6)28(22-41)40-31(33(43)38-24-12-16-26(17-13-24)39(9-3)10-4)36-21-20-35(8-2,46-36)29(30(36)34(40)44)32(42)37-25-14-18-27(19-15-25)45-11-5/h12-19,23,28-31,41H,7-11,20-22H2,1-6H3,(H,37,42)(H,38,43)/t23-,28-,29-,30-,31?,35+,36?/m0/s1. The number of rotatable bonds is 14. The van der Waals surface area contributed by atoms with Gasteiger partial charge in [0.05, 0.1) is 36.7 Å². The van der Waals surface area contributed by atoms with Crippen molar-refractivity contribution in [3.05, 3.63) is 48.5 Å². The minimum atomic E-state index is -1.19. The molecule has 2 unspecified atom stereocenters. The predicted octanol–water partition coefficient (Wildman–Crippen LogP) is 5.07. The molecule has 10 nitrogen and oxygen atoms in total. The SMILES string of the molecule is CCOc1ccc(NC(=O)[C@@H]2[C@H]3C(=O)N([C@@H](CO)[C@@H](C)CC)C(C(=O)Nc4ccc(N(CC)CC)cc4)C34CC[C@@]2(CC)O4)cc1. The van der Waals surface area contributed by atoms with E-state index in [0.29, 0.717) is 49.4 Å². The van der Waals surface area contributed by atoms with Gasteiger partial charge in [-0.1, -0.05) is 27.2 Å². The molecule has 5 rings (SSSR count). The highest BCUT2D eigenvalue weighted by Gasteiger charge is 2.79. The van der Waals surface area contributed by atoms with Crippen LogP contribution >= 0.6 is 0 Å². The highest BCUT2D eigenvalue weighted by molar-refractivity contribution is 6.05. The molecule has 0 saturated carbocycles. The molecular weight excluding hydrogens is 584 g/mol. The minimum Gasteiger partial charge on any atom is -0.494 e. The van der Waals surface area contributed by atoms with Crippen LogP contribution in [0.3, 0.4) is 0 Å². The Labute approximate surface area is 272 Å². The van der Waals surface area contributed by atoms with E-state index in [1.165, 1.54) is 0 Å². The van der Waals surface area contributed by atoms with Crippen molar-refractivity contribution < 1.29 is 29.0 Å². The van der Waals surface area contributed by atoms with Crippen molar-refractivity contribution >= 4 is 34.8 Å². The molecule has 46 heavy (non-hydrogen) atoms. The van der Waals surface area contributed by atoms with Crippen LogP contribution in [0.15, 0.2) is 48.5 Å². The molecule has 0 radical (unpaired) electrons. The van der Waals surface area contributed by atoms with Gasteiger partial charge in [0.1, 0.15) is 17.4 Å². The second kappa shape index (κ2) is 13.6. The van der Waals surface area contributed by atoms with E-state index in [1.807, 2.05) is 52.0 Å². The summed E-state index contributed by atoms with van der Waals surface area (Å²) < 4.78 is 12.5. The molecular formula is C36H50N4O6. The Balaban J connectivity index is 1.50. The van der Waals surface area contributed by atoms with Crippen molar-refractivity contribution in [2.75, 3.05) is 41.8 Å². The Morgan fingerprint density at radius 1 is 0.978 bits per heavy atom. The first-order valence-corrected chi connectivity index (χ1v) is 17.0. The van der Waals surface area contributed by atoms with Crippen LogP contribution in [-0.2, 0) is 19.1 Å². The molecule has 7 atom stereocenters. The first-order valence-electron chi connectivity index (χ1n) is 17.0. The van der Waals surface area contributed by atoms with Crippen molar-refractivity contribution in [2.45, 2.75) is 90.5 Å². The number of carbonyl (C=O) groups is 3. The molecule has 3 amide bonds. The van der Waals surface area contributed by atoms with E-state index in [2.05, 4.69) is 29.4 Å². The number of amides is 3. The van der Waals surface area contributed by atoms with Crippen LogP contribution in [0.2, 0.25) is 0 Å². The van der Waals surface area contributed by atoms with Gasteiger partial charge in [0.15, 0.2) is 0 Å². The van der Waals surface area contributed by atoms with Gasteiger partial charge in [-0.15, -0.1) is 0 Å². The Morgan fingerprint density at radius 2 is 1.59 bits per heavy atom. The Hall–Kier alpha value is -3.63. The number of aliphatic hydroxyl groups is 1. The first kappa shape index (κ1) is 33.7. The molecule has 1 spiro atoms. The summed E-state index contributed by atoms with van der Waals surface area (Å²) in [5.41, 5.74) is 0.186. The first-order chi connectivity index (χ1) is 22.1. The normalized spacial score (nSPS) is 27.7. The lowest BCUT2D eigenvalue weighted by Gasteiger charge is -2.39. The van der Waals surface area contributed by atoms with Crippen molar-refractivity contribution in [2.24, 2.45) is 17.8 Å². The van der Waals surface area contributed by atoms with Crippen LogP contribution in [-0.4, -0.2) is 77.3 Å². The lowest BCUT2D eigenvalue weighted by atomic mass is 9.65. The summed E-state index contributed by atoms with van der Waals surface area (Å²) in [6.45, 7) is 14.0. The molecule has 3 heterocycles. The summed E-state index contributed by atoms with van der Waals surface area (Å²) >= 11 is 0. The predicted molar refractivity (Wildman–Crippen MR) is 179 cm³/mol. The molecule has 0 aromatic heterocycles. The second-order valence-corrected chi connectivity index (χ2v) is 12.9. The lowest BCUT2D eigenvalue weighted by Crippen LogP contribution is -2.57. The number of carbonyl (C=O) groups excluding carboxylic acids is 3. The van der Waals surface area contributed by atoms with Gasteiger partial charge in [0, 0.05) is 30.2 Å². The molecule has 3 N–H and O–H groups in total. The lowest BCUT2D eigenvalue weighted by molar-refractivity contribution is -0.149. The van der Waals surface area contributed by atoms with Crippen molar-refractivity contribution in [1.29, 1.82) is 0 Å². The van der Waals surface area contributed by atoms with Crippen LogP contribution < -0.4 is 20.3 Å². The molecule has 0 aliphatic carbocycles. The van der Waals surface area contributed by atoms with E-state index in [1.54, 1.807) is 29.2 Å². The molecule has 250 valence electrons. The summed E-state index contributed by atoms with van der Waals surface area (Å²) in [7, 11) is 0. The summed E-state index contributed by atoms with van der Waals surface area (Å²) in [6.07, 6.45) is 2.25. The number of nitrogens with zero attached hydrogens (tertiary/aromatic N) is 2. The van der Waals surface area contributed by atoms with E-state index < -0.39 is 35.1 Å². The third-order valence-corrected chi connectivity index (χ3v) is 10.7. The third-order valence-electron chi connectivity index (χ3n) is 10.7. The molecule has 3 aliphatic heterocycles. The number of hydrogen-bond donors (Lipinski definition) is 3. The van der Waals surface area contributed by atoms with E-state index in [4.69, 9.17) is 9.47 Å². The van der Waals surface area contributed by atoms with Gasteiger partial charge >= 0.3 is 0 Å². The number of likely N-dealkylation sites (tertiary alicyclic amines) is 1. The van der Waals surface area contributed by atoms with Crippen LogP contribution in [0, 0.1) is 17.8 Å². The van der Waals surface area contributed by atoms with Gasteiger partial charge in [-0.25, -0.2) is 0 Å². The van der Waals surface area contributed by atoms with E-state index in [0.717, 1.165) is 18.8 Å². The van der Waals surface area contributed by atoms with Crippen molar-refractivity contribution in [3.8, 4) is 5.75 Å². The fraction of sp³-hybridized carbons (Fsp3) is 0.583. The van der Waals surface area contributed by atoms with Gasteiger partial charge in [0.25, 0.3) is 0 Å². The fourth-order valence-corrected chi connectivity index (χ4v) is 8.10. The van der Waals surface area contributed by atoms with Crippen LogP contribution in [0.25, 0.3) is 0 Å². The van der Waals surface area contributed by atoms with Gasteiger partial charge in [-0.3, -0.25) is 14.4 Å². The highest BCUT2D eigenvalue weighted by atomic mass is 16.5. The zero-order valence-electron chi connectivity index (χ0n) is 28.0. The molecule has 10 heteroatoms. The van der Waals surface area contributed by atoms with Gasteiger partial charge in [-0.05, 0) is 94.5 Å². The maximum Gasteiger partial charge on any atom is 0.250 e. The van der Waals surface area contributed by atoms with E-state index >= 15 is 0 Å². The van der Waals surface area contributed by atoms with Crippen LogP contribution in [0.4, 0.5) is 17.1 Å². The number of anilines is 3.